The van der Waals surface area contributed by atoms with E-state index in [0.29, 0.717) is 5.11 Å². The van der Waals surface area contributed by atoms with Crippen LogP contribution in [0.25, 0.3) is 0 Å². The van der Waals surface area contributed by atoms with Gasteiger partial charge in [-0.05, 0) is 67.5 Å². The molecular weight excluding hydrogens is 360 g/mol. The third-order valence-electron chi connectivity index (χ3n) is 3.38. The van der Waals surface area contributed by atoms with Gasteiger partial charge in [-0.1, -0.05) is 28.1 Å². The van der Waals surface area contributed by atoms with Crippen LogP contribution in [-0.4, -0.2) is 12.2 Å². The Hall–Kier alpha value is -1.59. The van der Waals surface area contributed by atoms with Crippen LogP contribution in [0.3, 0.4) is 0 Å². The SMILES string of the molecule is COc1ccc([C@@H](C)NC(=S)Nc2ccc(Br)c(C)c2)cc1. The lowest BCUT2D eigenvalue weighted by Gasteiger charge is -2.18. The topological polar surface area (TPSA) is 33.3 Å². The van der Waals surface area contributed by atoms with Crippen molar-refractivity contribution in [2.45, 2.75) is 19.9 Å². The van der Waals surface area contributed by atoms with Gasteiger partial charge in [-0.15, -0.1) is 0 Å². The Labute approximate surface area is 145 Å². The summed E-state index contributed by atoms with van der Waals surface area (Å²) in [5.74, 6) is 0.849. The Balaban J connectivity index is 1.96. The fraction of sp³-hybridized carbons (Fsp3) is 0.235. The molecule has 0 unspecified atom stereocenters. The highest BCUT2D eigenvalue weighted by molar-refractivity contribution is 9.10. The molecule has 0 aliphatic carbocycles. The van der Waals surface area contributed by atoms with Crippen LogP contribution in [0.15, 0.2) is 46.9 Å². The van der Waals surface area contributed by atoms with Crippen molar-refractivity contribution < 1.29 is 4.74 Å². The van der Waals surface area contributed by atoms with Gasteiger partial charge in [0, 0.05) is 10.2 Å². The number of rotatable bonds is 4. The van der Waals surface area contributed by atoms with Crippen molar-refractivity contribution in [3.63, 3.8) is 0 Å². The van der Waals surface area contributed by atoms with Crippen LogP contribution in [0, 0.1) is 6.92 Å². The number of methoxy groups -OCH3 is 1. The predicted octanol–water partition coefficient (Wildman–Crippen LogP) is 4.81. The zero-order chi connectivity index (χ0) is 16.1. The first-order chi connectivity index (χ1) is 10.5. The number of thiocarbonyl (C=S) groups is 1. The lowest BCUT2D eigenvalue weighted by Crippen LogP contribution is -2.30. The monoisotopic (exact) mass is 378 g/mol. The Morgan fingerprint density at radius 2 is 1.86 bits per heavy atom. The lowest BCUT2D eigenvalue weighted by molar-refractivity contribution is 0.414. The van der Waals surface area contributed by atoms with Crippen LogP contribution in [0.4, 0.5) is 5.69 Å². The summed E-state index contributed by atoms with van der Waals surface area (Å²) >= 11 is 8.87. The average molecular weight is 379 g/mol. The summed E-state index contributed by atoms with van der Waals surface area (Å²) < 4.78 is 6.25. The average Bonchev–Trinajstić information content (AvgIpc) is 2.51. The summed E-state index contributed by atoms with van der Waals surface area (Å²) in [6, 6.07) is 14.1. The van der Waals surface area contributed by atoms with E-state index >= 15 is 0 Å². The second kappa shape index (κ2) is 7.61. The van der Waals surface area contributed by atoms with Crippen molar-refractivity contribution in [3.05, 3.63) is 58.1 Å². The van der Waals surface area contributed by atoms with E-state index < -0.39 is 0 Å². The van der Waals surface area contributed by atoms with E-state index in [1.54, 1.807) is 7.11 Å². The number of halogens is 1. The van der Waals surface area contributed by atoms with Crippen LogP contribution in [-0.2, 0) is 0 Å². The molecule has 2 aromatic carbocycles. The van der Waals surface area contributed by atoms with E-state index in [9.17, 15) is 0 Å². The van der Waals surface area contributed by atoms with Gasteiger partial charge in [0.2, 0.25) is 0 Å². The molecule has 0 heterocycles. The molecular formula is C17H19BrN2OS. The Morgan fingerprint density at radius 1 is 1.18 bits per heavy atom. The van der Waals surface area contributed by atoms with Crippen molar-refractivity contribution in [3.8, 4) is 5.75 Å². The summed E-state index contributed by atoms with van der Waals surface area (Å²) in [5.41, 5.74) is 3.29. The normalized spacial score (nSPS) is 11.6. The van der Waals surface area contributed by atoms with E-state index in [2.05, 4.69) is 39.6 Å². The summed E-state index contributed by atoms with van der Waals surface area (Å²) in [6.07, 6.45) is 0. The molecule has 22 heavy (non-hydrogen) atoms. The highest BCUT2D eigenvalue weighted by Gasteiger charge is 2.08. The third kappa shape index (κ3) is 4.45. The smallest absolute Gasteiger partial charge is 0.171 e. The second-order valence-electron chi connectivity index (χ2n) is 5.06. The Morgan fingerprint density at radius 3 is 2.45 bits per heavy atom. The van der Waals surface area contributed by atoms with Crippen LogP contribution in [0.2, 0.25) is 0 Å². The molecule has 0 saturated carbocycles. The molecule has 0 aromatic heterocycles. The maximum atomic E-state index is 5.38. The van der Waals surface area contributed by atoms with Crippen LogP contribution >= 0.6 is 28.1 Å². The molecule has 0 aliphatic rings. The minimum atomic E-state index is 0.113. The standard InChI is InChI=1S/C17H19BrN2OS/c1-11-10-14(6-9-16(11)18)20-17(22)19-12(2)13-4-7-15(21-3)8-5-13/h4-10,12H,1-3H3,(H2,19,20,22)/t12-/m1/s1. The van der Waals surface area contributed by atoms with Crippen LogP contribution < -0.4 is 15.4 Å². The van der Waals surface area contributed by atoms with Gasteiger partial charge in [0.1, 0.15) is 5.75 Å². The Kier molecular flexibility index (Phi) is 5.80. The number of anilines is 1. The van der Waals surface area contributed by atoms with Crippen molar-refractivity contribution in [2.75, 3.05) is 12.4 Å². The lowest BCUT2D eigenvalue weighted by atomic mass is 10.1. The van der Waals surface area contributed by atoms with Crippen molar-refractivity contribution in [1.82, 2.24) is 5.32 Å². The minimum Gasteiger partial charge on any atom is -0.497 e. The number of hydrogen-bond donors (Lipinski definition) is 2. The van der Waals surface area contributed by atoms with Crippen molar-refractivity contribution >= 4 is 38.9 Å². The van der Waals surface area contributed by atoms with E-state index in [1.807, 2.05) is 43.3 Å². The molecule has 0 fully saturated rings. The van der Waals surface area contributed by atoms with Gasteiger partial charge < -0.3 is 15.4 Å². The first-order valence-corrected chi connectivity index (χ1v) is 8.17. The molecule has 5 heteroatoms. The number of benzene rings is 2. The summed E-state index contributed by atoms with van der Waals surface area (Å²) in [6.45, 7) is 4.12. The molecule has 0 aliphatic heterocycles. The predicted molar refractivity (Wildman–Crippen MR) is 99.6 cm³/mol. The molecule has 1 atom stereocenters. The van der Waals surface area contributed by atoms with Gasteiger partial charge in [0.15, 0.2) is 5.11 Å². The number of ether oxygens (including phenoxy) is 1. The molecule has 3 nitrogen and oxygen atoms in total. The number of aryl methyl sites for hydroxylation is 1. The maximum absolute atomic E-state index is 5.38. The molecule has 2 rings (SSSR count). The third-order valence-corrected chi connectivity index (χ3v) is 4.49. The Bertz CT molecular complexity index is 658. The van der Waals surface area contributed by atoms with Crippen LogP contribution in [0.1, 0.15) is 24.1 Å². The summed E-state index contributed by atoms with van der Waals surface area (Å²) in [4.78, 5) is 0. The first-order valence-electron chi connectivity index (χ1n) is 6.97. The van der Waals surface area contributed by atoms with Gasteiger partial charge in [0.05, 0.1) is 13.2 Å². The zero-order valence-corrected chi connectivity index (χ0v) is 15.2. The zero-order valence-electron chi connectivity index (χ0n) is 12.8. The largest absolute Gasteiger partial charge is 0.497 e. The molecule has 0 spiro atoms. The van der Waals surface area contributed by atoms with Gasteiger partial charge in [-0.25, -0.2) is 0 Å². The fourth-order valence-corrected chi connectivity index (χ4v) is 2.60. The summed E-state index contributed by atoms with van der Waals surface area (Å²) in [7, 11) is 1.66. The van der Waals surface area contributed by atoms with Crippen molar-refractivity contribution in [1.29, 1.82) is 0 Å². The number of nitrogens with one attached hydrogen (secondary N) is 2. The molecule has 0 radical (unpaired) electrons. The number of hydrogen-bond acceptors (Lipinski definition) is 2. The second-order valence-corrected chi connectivity index (χ2v) is 6.32. The van der Waals surface area contributed by atoms with Crippen LogP contribution in [0.5, 0.6) is 5.75 Å². The van der Waals surface area contributed by atoms with E-state index in [-0.39, 0.29) is 6.04 Å². The fourth-order valence-electron chi connectivity index (χ4n) is 2.06. The molecule has 0 saturated heterocycles. The molecule has 0 amide bonds. The highest BCUT2D eigenvalue weighted by atomic mass is 79.9. The minimum absolute atomic E-state index is 0.113. The molecule has 2 aromatic rings. The van der Waals surface area contributed by atoms with Gasteiger partial charge in [-0.3, -0.25) is 0 Å². The van der Waals surface area contributed by atoms with Crippen molar-refractivity contribution in [2.24, 2.45) is 0 Å². The van der Waals surface area contributed by atoms with Gasteiger partial charge in [-0.2, -0.15) is 0 Å². The van der Waals surface area contributed by atoms with Gasteiger partial charge >= 0.3 is 0 Å². The molecule has 2 N–H and O–H groups in total. The van der Waals surface area contributed by atoms with Gasteiger partial charge in [0.25, 0.3) is 0 Å². The van der Waals surface area contributed by atoms with E-state index in [4.69, 9.17) is 17.0 Å². The maximum Gasteiger partial charge on any atom is 0.171 e. The highest BCUT2D eigenvalue weighted by Crippen LogP contribution is 2.21. The first kappa shape index (κ1) is 16.8. The quantitative estimate of drug-likeness (QED) is 0.747. The summed E-state index contributed by atoms with van der Waals surface area (Å²) in [5, 5.41) is 7.09. The molecule has 116 valence electrons. The molecule has 0 bridgehead atoms. The van der Waals surface area contributed by atoms with E-state index in [1.165, 1.54) is 0 Å². The van der Waals surface area contributed by atoms with E-state index in [0.717, 1.165) is 27.0 Å².